The number of likely N-dealkylation sites (tertiary alicyclic amines) is 1. The second-order valence-corrected chi connectivity index (χ2v) is 6.94. The molecule has 2 aromatic heterocycles. The van der Waals surface area contributed by atoms with E-state index in [1.54, 1.807) is 24.8 Å². The van der Waals surface area contributed by atoms with E-state index in [-0.39, 0.29) is 5.92 Å². The third-order valence-corrected chi connectivity index (χ3v) is 5.30. The number of rotatable bonds is 3. The number of carbonyl (C=O) groups excluding carboxylic acids is 1. The number of anilines is 1. The van der Waals surface area contributed by atoms with Crippen LogP contribution >= 0.6 is 0 Å². The van der Waals surface area contributed by atoms with Gasteiger partial charge in [-0.15, -0.1) is 0 Å². The summed E-state index contributed by atoms with van der Waals surface area (Å²) in [4.78, 5) is 30.0. The average molecular weight is 340 g/mol. The minimum Gasteiger partial charge on any atom is -0.355 e. The molecule has 2 aliphatic heterocycles. The summed E-state index contributed by atoms with van der Waals surface area (Å²) in [7, 11) is 0. The van der Waals surface area contributed by atoms with E-state index in [0.717, 1.165) is 57.7 Å². The second kappa shape index (κ2) is 7.21. The van der Waals surface area contributed by atoms with E-state index in [4.69, 9.17) is 0 Å². The van der Waals surface area contributed by atoms with Gasteiger partial charge < -0.3 is 14.4 Å². The fourth-order valence-corrected chi connectivity index (χ4v) is 3.98. The Morgan fingerprint density at radius 2 is 1.96 bits per heavy atom. The van der Waals surface area contributed by atoms with Crippen molar-refractivity contribution in [1.29, 1.82) is 0 Å². The van der Waals surface area contributed by atoms with E-state index in [2.05, 4.69) is 29.3 Å². The number of hydrogen-bond acceptors (Lipinski definition) is 5. The Bertz CT molecular complexity index is 689. The largest absolute Gasteiger partial charge is 0.355 e. The minimum atomic E-state index is 0.0530. The molecular formula is C18H24N6O. The molecule has 0 spiro atoms. The van der Waals surface area contributed by atoms with Gasteiger partial charge in [-0.1, -0.05) is 0 Å². The molecule has 132 valence electrons. The van der Waals surface area contributed by atoms with Crippen molar-refractivity contribution in [3.05, 3.63) is 37.3 Å². The quantitative estimate of drug-likeness (QED) is 0.852. The van der Waals surface area contributed by atoms with Crippen LogP contribution in [0.15, 0.2) is 37.3 Å². The maximum atomic E-state index is 13.1. The number of imidazole rings is 1. The lowest BCUT2D eigenvalue weighted by Gasteiger charge is -2.38. The molecule has 2 aromatic rings. The summed E-state index contributed by atoms with van der Waals surface area (Å²) in [5.41, 5.74) is 0. The Kier molecular flexibility index (Phi) is 4.63. The Balaban J connectivity index is 1.41. The number of carbonyl (C=O) groups is 1. The molecule has 1 amide bonds. The van der Waals surface area contributed by atoms with Crippen molar-refractivity contribution in [3.63, 3.8) is 0 Å². The third kappa shape index (κ3) is 3.50. The molecule has 2 aliphatic rings. The minimum absolute atomic E-state index is 0.0530. The summed E-state index contributed by atoms with van der Waals surface area (Å²) in [6.07, 6.45) is 15.0. The summed E-state index contributed by atoms with van der Waals surface area (Å²) in [6, 6.07) is 0.347. The standard InChI is InChI=1S/C18H24N6O/c25-18(23-9-2-4-16(13-23)24-10-7-20-14-24)15-3-1-8-22(12-15)17-11-19-5-6-21-17/h5-7,10-11,14-16H,1-4,8-9,12-13H2/t15-,16-/m1/s1. The lowest BCUT2D eigenvalue weighted by Crippen LogP contribution is -2.48. The van der Waals surface area contributed by atoms with E-state index in [9.17, 15) is 4.79 Å². The molecular weight excluding hydrogens is 316 g/mol. The first kappa shape index (κ1) is 16.1. The van der Waals surface area contributed by atoms with Gasteiger partial charge in [-0.2, -0.15) is 0 Å². The Labute approximate surface area is 147 Å². The predicted molar refractivity (Wildman–Crippen MR) is 94.0 cm³/mol. The smallest absolute Gasteiger partial charge is 0.227 e. The summed E-state index contributed by atoms with van der Waals surface area (Å²) in [5.74, 6) is 1.21. The third-order valence-electron chi connectivity index (χ3n) is 5.30. The second-order valence-electron chi connectivity index (χ2n) is 6.94. The normalized spacial score (nSPS) is 24.3. The van der Waals surface area contributed by atoms with Gasteiger partial charge in [0.2, 0.25) is 5.91 Å². The maximum Gasteiger partial charge on any atom is 0.227 e. The summed E-state index contributed by atoms with van der Waals surface area (Å²) >= 11 is 0. The van der Waals surface area contributed by atoms with Crippen LogP contribution < -0.4 is 4.90 Å². The number of hydrogen-bond donors (Lipinski definition) is 0. The van der Waals surface area contributed by atoms with Crippen LogP contribution in [0, 0.1) is 5.92 Å². The molecule has 0 N–H and O–H groups in total. The molecule has 0 aliphatic carbocycles. The van der Waals surface area contributed by atoms with Crippen LogP contribution in [0.4, 0.5) is 5.82 Å². The van der Waals surface area contributed by atoms with Crippen LogP contribution in [-0.2, 0) is 4.79 Å². The molecule has 0 unspecified atom stereocenters. The van der Waals surface area contributed by atoms with E-state index in [0.29, 0.717) is 11.9 Å². The summed E-state index contributed by atoms with van der Waals surface area (Å²) in [5, 5.41) is 0. The van der Waals surface area contributed by atoms with Gasteiger partial charge in [0.25, 0.3) is 0 Å². The molecule has 2 saturated heterocycles. The highest BCUT2D eigenvalue weighted by Gasteiger charge is 2.32. The van der Waals surface area contributed by atoms with Crippen LogP contribution in [0.1, 0.15) is 31.7 Å². The van der Waals surface area contributed by atoms with E-state index in [1.807, 2.05) is 12.5 Å². The summed E-state index contributed by atoms with van der Waals surface area (Å²) in [6.45, 7) is 3.34. The van der Waals surface area contributed by atoms with Crippen LogP contribution in [-0.4, -0.2) is 56.5 Å². The molecule has 7 heteroatoms. The zero-order valence-electron chi connectivity index (χ0n) is 14.4. The van der Waals surface area contributed by atoms with Crippen molar-refractivity contribution in [1.82, 2.24) is 24.4 Å². The van der Waals surface area contributed by atoms with Crippen molar-refractivity contribution in [2.24, 2.45) is 5.92 Å². The lowest BCUT2D eigenvalue weighted by molar-refractivity contribution is -0.137. The first-order valence-corrected chi connectivity index (χ1v) is 9.08. The predicted octanol–water partition coefficient (Wildman–Crippen LogP) is 1.75. The SMILES string of the molecule is O=C([C@@H]1CCCN(c2cnccn2)C1)N1CCC[C@@H](n2ccnc2)C1. The van der Waals surface area contributed by atoms with Gasteiger partial charge in [-0.25, -0.2) is 9.97 Å². The highest BCUT2D eigenvalue weighted by atomic mass is 16.2. The molecule has 2 fully saturated rings. The summed E-state index contributed by atoms with van der Waals surface area (Å²) < 4.78 is 2.13. The van der Waals surface area contributed by atoms with Crippen LogP contribution in [0.2, 0.25) is 0 Å². The molecule has 0 radical (unpaired) electrons. The molecule has 4 heterocycles. The van der Waals surface area contributed by atoms with E-state index < -0.39 is 0 Å². The molecule has 2 atom stereocenters. The van der Waals surface area contributed by atoms with Crippen LogP contribution in [0.3, 0.4) is 0 Å². The molecule has 4 rings (SSSR count). The first-order chi connectivity index (χ1) is 12.3. The fraction of sp³-hybridized carbons (Fsp3) is 0.556. The van der Waals surface area contributed by atoms with Gasteiger partial charge in [-0.05, 0) is 25.7 Å². The van der Waals surface area contributed by atoms with Gasteiger partial charge in [0, 0.05) is 51.0 Å². The van der Waals surface area contributed by atoms with Crippen molar-refractivity contribution >= 4 is 11.7 Å². The van der Waals surface area contributed by atoms with E-state index in [1.165, 1.54) is 0 Å². The van der Waals surface area contributed by atoms with Gasteiger partial charge in [-0.3, -0.25) is 9.78 Å². The van der Waals surface area contributed by atoms with Gasteiger partial charge in [0.05, 0.1) is 24.5 Å². The Morgan fingerprint density at radius 1 is 1.04 bits per heavy atom. The zero-order valence-corrected chi connectivity index (χ0v) is 14.4. The number of piperidine rings is 2. The first-order valence-electron chi connectivity index (χ1n) is 9.08. The van der Waals surface area contributed by atoms with Crippen molar-refractivity contribution < 1.29 is 4.79 Å². The monoisotopic (exact) mass is 340 g/mol. The Morgan fingerprint density at radius 3 is 2.76 bits per heavy atom. The molecule has 0 bridgehead atoms. The van der Waals surface area contributed by atoms with Crippen molar-refractivity contribution in [3.8, 4) is 0 Å². The molecule has 7 nitrogen and oxygen atoms in total. The zero-order chi connectivity index (χ0) is 17.1. The number of nitrogens with zero attached hydrogens (tertiary/aromatic N) is 6. The topological polar surface area (TPSA) is 67.2 Å². The number of amides is 1. The van der Waals surface area contributed by atoms with Gasteiger partial charge in [0.15, 0.2) is 0 Å². The maximum absolute atomic E-state index is 13.1. The molecule has 25 heavy (non-hydrogen) atoms. The van der Waals surface area contributed by atoms with Crippen LogP contribution in [0.25, 0.3) is 0 Å². The van der Waals surface area contributed by atoms with Gasteiger partial charge in [0.1, 0.15) is 5.82 Å². The van der Waals surface area contributed by atoms with E-state index >= 15 is 0 Å². The van der Waals surface area contributed by atoms with Crippen molar-refractivity contribution in [2.75, 3.05) is 31.1 Å². The molecule has 0 saturated carbocycles. The highest BCUT2D eigenvalue weighted by molar-refractivity contribution is 5.80. The number of aromatic nitrogens is 4. The Hall–Kier alpha value is -2.44. The lowest BCUT2D eigenvalue weighted by atomic mass is 9.95. The van der Waals surface area contributed by atoms with Gasteiger partial charge >= 0.3 is 0 Å². The van der Waals surface area contributed by atoms with Crippen molar-refractivity contribution in [2.45, 2.75) is 31.7 Å². The highest BCUT2D eigenvalue weighted by Crippen LogP contribution is 2.26. The molecule has 0 aromatic carbocycles. The van der Waals surface area contributed by atoms with Crippen LogP contribution in [0.5, 0.6) is 0 Å². The average Bonchev–Trinajstić information content (AvgIpc) is 3.23. The fourth-order valence-electron chi connectivity index (χ4n) is 3.98.